The van der Waals surface area contributed by atoms with Gasteiger partial charge in [-0.25, -0.2) is 8.42 Å². The summed E-state index contributed by atoms with van der Waals surface area (Å²) in [5, 5.41) is 28.8. The Morgan fingerprint density at radius 3 is 1.80 bits per heavy atom. The van der Waals surface area contributed by atoms with Crippen LogP contribution in [0.15, 0.2) is 0 Å². The summed E-state index contributed by atoms with van der Waals surface area (Å²) in [4.78, 5) is 0. The van der Waals surface area contributed by atoms with Crippen LogP contribution in [0.4, 0.5) is 0 Å². The van der Waals surface area contributed by atoms with Crippen molar-refractivity contribution in [2.45, 2.75) is 5.54 Å². The number of nitrogens with one attached hydrogen (secondary N) is 1. The van der Waals surface area contributed by atoms with Crippen molar-refractivity contribution >= 4 is 10.1 Å². The minimum Gasteiger partial charge on any atom is -0.748 e. The first-order valence-corrected chi connectivity index (χ1v) is 5.48. The van der Waals surface area contributed by atoms with Gasteiger partial charge < -0.3 is 25.2 Å². The second-order valence-electron chi connectivity index (χ2n) is 2.94. The third-order valence-electron chi connectivity index (χ3n) is 1.76. The summed E-state index contributed by atoms with van der Waals surface area (Å²) in [5.74, 6) is -0.658. The fourth-order valence-electron chi connectivity index (χ4n) is 0.759. The van der Waals surface area contributed by atoms with Gasteiger partial charge in [0.15, 0.2) is 0 Å². The Balaban J connectivity index is 0. The molecule has 0 aromatic carbocycles. The Bertz CT molecular complexity index is 244. The molecule has 0 fully saturated rings. The van der Waals surface area contributed by atoms with E-state index >= 15 is 0 Å². The minimum atomic E-state index is -4.33. The van der Waals surface area contributed by atoms with E-state index in [-0.39, 0.29) is 36.1 Å². The van der Waals surface area contributed by atoms with Crippen molar-refractivity contribution in [1.29, 1.82) is 0 Å². The van der Waals surface area contributed by atoms with E-state index in [0.29, 0.717) is 0 Å². The third-order valence-corrected chi connectivity index (χ3v) is 2.46. The molecular formula is C6H14NNaO6S. The maximum atomic E-state index is 10.2. The summed E-state index contributed by atoms with van der Waals surface area (Å²) in [7, 11) is -4.33. The second-order valence-corrected chi connectivity index (χ2v) is 4.47. The predicted molar refractivity (Wildman–Crippen MR) is 46.6 cm³/mol. The van der Waals surface area contributed by atoms with Gasteiger partial charge in [-0.05, 0) is 0 Å². The zero-order valence-electron chi connectivity index (χ0n) is 8.51. The van der Waals surface area contributed by atoms with Gasteiger partial charge >= 0.3 is 29.6 Å². The molecule has 0 unspecified atom stereocenters. The van der Waals surface area contributed by atoms with Gasteiger partial charge in [0, 0.05) is 6.54 Å². The summed E-state index contributed by atoms with van der Waals surface area (Å²) in [6, 6.07) is 0. The Labute approximate surface area is 111 Å². The summed E-state index contributed by atoms with van der Waals surface area (Å²) in [5.41, 5.74) is -1.34. The van der Waals surface area contributed by atoms with Crippen LogP contribution < -0.4 is 34.9 Å². The maximum Gasteiger partial charge on any atom is 1.00 e. The average Bonchev–Trinajstić information content (AvgIpc) is 2.11. The smallest absolute Gasteiger partial charge is 0.748 e. The Hall–Kier alpha value is 0.750. The molecule has 86 valence electrons. The first kappa shape index (κ1) is 18.1. The minimum absolute atomic E-state index is 0. The molecule has 0 atom stereocenters. The van der Waals surface area contributed by atoms with E-state index in [1.165, 1.54) is 0 Å². The topological polar surface area (TPSA) is 130 Å². The van der Waals surface area contributed by atoms with Gasteiger partial charge in [-0.15, -0.1) is 0 Å². The number of hydrogen-bond donors (Lipinski definition) is 4. The Morgan fingerprint density at radius 1 is 1.13 bits per heavy atom. The van der Waals surface area contributed by atoms with Gasteiger partial charge in [-0.2, -0.15) is 0 Å². The molecule has 0 saturated heterocycles. The monoisotopic (exact) mass is 251 g/mol. The van der Waals surface area contributed by atoms with E-state index in [0.717, 1.165) is 0 Å². The van der Waals surface area contributed by atoms with Crippen LogP contribution >= 0.6 is 0 Å². The van der Waals surface area contributed by atoms with E-state index in [4.69, 9.17) is 15.3 Å². The average molecular weight is 251 g/mol. The molecule has 0 aliphatic carbocycles. The predicted octanol–water partition coefficient (Wildman–Crippen LogP) is -6.16. The van der Waals surface area contributed by atoms with Crippen LogP contribution in [0.2, 0.25) is 0 Å². The summed E-state index contributed by atoms with van der Waals surface area (Å²) in [6.45, 7) is -1.90. The summed E-state index contributed by atoms with van der Waals surface area (Å²) in [6.07, 6.45) is 0. The molecule has 0 bridgehead atoms. The third kappa shape index (κ3) is 7.61. The Kier molecular flexibility index (Phi) is 9.58. The summed E-state index contributed by atoms with van der Waals surface area (Å²) < 4.78 is 30.6. The van der Waals surface area contributed by atoms with Gasteiger partial charge in [0.1, 0.15) is 0 Å². The van der Waals surface area contributed by atoms with Crippen molar-refractivity contribution < 1.29 is 57.8 Å². The van der Waals surface area contributed by atoms with Crippen molar-refractivity contribution in [2.75, 3.05) is 32.1 Å². The van der Waals surface area contributed by atoms with E-state index in [2.05, 4.69) is 5.32 Å². The van der Waals surface area contributed by atoms with Crippen LogP contribution in [-0.4, -0.2) is 65.9 Å². The van der Waals surface area contributed by atoms with Gasteiger partial charge in [-0.3, -0.25) is 0 Å². The van der Waals surface area contributed by atoms with Crippen LogP contribution in [-0.2, 0) is 10.1 Å². The van der Waals surface area contributed by atoms with Gasteiger partial charge in [0.05, 0.1) is 41.2 Å². The van der Waals surface area contributed by atoms with Crippen LogP contribution in [0.5, 0.6) is 0 Å². The number of aliphatic hydroxyl groups excluding tert-OH is 3. The van der Waals surface area contributed by atoms with E-state index in [9.17, 15) is 13.0 Å². The largest absolute Gasteiger partial charge is 1.00 e. The van der Waals surface area contributed by atoms with Crippen LogP contribution in [0.3, 0.4) is 0 Å². The van der Waals surface area contributed by atoms with Crippen molar-refractivity contribution in [1.82, 2.24) is 5.32 Å². The SMILES string of the molecule is O=S(=O)([O-])CCNC(CO)(CO)CO.[Na+]. The molecule has 0 aliphatic heterocycles. The molecule has 0 aromatic heterocycles. The van der Waals surface area contributed by atoms with Crippen molar-refractivity contribution in [3.8, 4) is 0 Å². The molecule has 15 heavy (non-hydrogen) atoms. The first-order valence-electron chi connectivity index (χ1n) is 3.90. The van der Waals surface area contributed by atoms with Crippen LogP contribution in [0.25, 0.3) is 0 Å². The fraction of sp³-hybridized carbons (Fsp3) is 1.00. The standard InChI is InChI=1S/C6H15NO6S.Na/c8-3-6(4-9,5-10)7-1-2-14(11,12)13;/h7-10H,1-5H2,(H,11,12,13);/q;+1/p-1. The number of hydrogen-bond acceptors (Lipinski definition) is 7. The molecule has 0 aliphatic rings. The first-order chi connectivity index (χ1) is 6.39. The van der Waals surface area contributed by atoms with E-state index in [1.54, 1.807) is 0 Å². The molecule has 0 heterocycles. The van der Waals surface area contributed by atoms with Crippen LogP contribution in [0, 0.1) is 0 Å². The normalized spacial score (nSPS) is 12.3. The quantitative estimate of drug-likeness (QED) is 0.261. The zero-order chi connectivity index (χ0) is 11.2. The van der Waals surface area contributed by atoms with Crippen molar-refractivity contribution in [3.05, 3.63) is 0 Å². The molecule has 0 aromatic rings. The summed E-state index contributed by atoms with van der Waals surface area (Å²) >= 11 is 0. The van der Waals surface area contributed by atoms with Gasteiger partial charge in [-0.1, -0.05) is 0 Å². The molecule has 0 saturated carbocycles. The Morgan fingerprint density at radius 2 is 1.53 bits per heavy atom. The zero-order valence-corrected chi connectivity index (χ0v) is 11.3. The van der Waals surface area contributed by atoms with Crippen molar-refractivity contribution in [2.24, 2.45) is 0 Å². The van der Waals surface area contributed by atoms with Crippen LogP contribution in [0.1, 0.15) is 0 Å². The van der Waals surface area contributed by atoms with E-state index < -0.39 is 41.2 Å². The van der Waals surface area contributed by atoms with Crippen molar-refractivity contribution in [3.63, 3.8) is 0 Å². The fourth-order valence-corrected chi connectivity index (χ4v) is 1.11. The molecule has 0 radical (unpaired) electrons. The number of aliphatic hydroxyl groups is 3. The molecular weight excluding hydrogens is 237 g/mol. The molecule has 0 amide bonds. The molecule has 9 heteroatoms. The second kappa shape index (κ2) is 7.93. The molecule has 7 nitrogen and oxygen atoms in total. The maximum absolute atomic E-state index is 10.2. The van der Waals surface area contributed by atoms with Gasteiger partial charge in [0.2, 0.25) is 0 Å². The number of rotatable bonds is 7. The van der Waals surface area contributed by atoms with E-state index in [1.807, 2.05) is 0 Å². The van der Waals surface area contributed by atoms with Gasteiger partial charge in [0.25, 0.3) is 0 Å². The molecule has 0 spiro atoms. The molecule has 0 rings (SSSR count). The molecule has 4 N–H and O–H groups in total.